The van der Waals surface area contributed by atoms with Crippen molar-refractivity contribution in [2.75, 3.05) is 11.9 Å². The minimum Gasteiger partial charge on any atom is -0.378 e. The van der Waals surface area contributed by atoms with Crippen molar-refractivity contribution in [3.8, 4) is 0 Å². The summed E-state index contributed by atoms with van der Waals surface area (Å²) in [6, 6.07) is 25.0. The van der Waals surface area contributed by atoms with Gasteiger partial charge in [0, 0.05) is 18.2 Å². The van der Waals surface area contributed by atoms with E-state index >= 15 is 0 Å². The molecule has 0 radical (unpaired) electrons. The Bertz CT molecular complexity index is 1520. The topological polar surface area (TPSA) is 58.2 Å². The Hall–Kier alpha value is -3.41. The SMILES string of the molecule is C=CCNS(=O)(=O)c1ccc2c(c1)C1C=CCC1C(c1c3ccccc3cc3ccccc13)N2. The van der Waals surface area contributed by atoms with Gasteiger partial charge in [0.25, 0.3) is 0 Å². The number of sulfonamides is 1. The molecule has 0 aromatic heterocycles. The van der Waals surface area contributed by atoms with Gasteiger partial charge in [-0.1, -0.05) is 66.8 Å². The molecule has 0 saturated carbocycles. The summed E-state index contributed by atoms with van der Waals surface area (Å²) in [6.45, 7) is 3.81. The summed E-state index contributed by atoms with van der Waals surface area (Å²) in [7, 11) is -3.58. The third-order valence-electron chi connectivity index (χ3n) is 7.19. The summed E-state index contributed by atoms with van der Waals surface area (Å²) >= 11 is 0. The molecular weight excluding hydrogens is 440 g/mol. The molecule has 6 rings (SSSR count). The van der Waals surface area contributed by atoms with Crippen LogP contribution in [0.25, 0.3) is 21.5 Å². The Kier molecular flexibility index (Phi) is 5.05. The highest BCUT2D eigenvalue weighted by Gasteiger charge is 2.39. The second kappa shape index (κ2) is 8.12. The van der Waals surface area contributed by atoms with Crippen molar-refractivity contribution in [3.63, 3.8) is 0 Å². The molecule has 1 aliphatic heterocycles. The second-order valence-electron chi connectivity index (χ2n) is 9.10. The van der Waals surface area contributed by atoms with Gasteiger partial charge >= 0.3 is 0 Å². The van der Waals surface area contributed by atoms with Gasteiger partial charge in [-0.25, -0.2) is 13.1 Å². The van der Waals surface area contributed by atoms with Crippen LogP contribution in [0, 0.1) is 5.92 Å². The molecule has 1 heterocycles. The van der Waals surface area contributed by atoms with Gasteiger partial charge in [-0.05, 0) is 69.3 Å². The zero-order valence-corrected chi connectivity index (χ0v) is 19.6. The molecular formula is C29H26N2O2S. The number of hydrogen-bond acceptors (Lipinski definition) is 3. The van der Waals surface area contributed by atoms with Crippen molar-refractivity contribution in [1.29, 1.82) is 0 Å². The van der Waals surface area contributed by atoms with Crippen LogP contribution in [0.2, 0.25) is 0 Å². The number of fused-ring (bicyclic) bond motifs is 5. The van der Waals surface area contributed by atoms with Crippen molar-refractivity contribution in [2.45, 2.75) is 23.3 Å². The minimum atomic E-state index is -3.58. The first-order chi connectivity index (χ1) is 16.6. The molecule has 0 saturated heterocycles. The summed E-state index contributed by atoms with van der Waals surface area (Å²) in [5, 5.41) is 8.82. The number of anilines is 1. The molecule has 3 unspecified atom stereocenters. The van der Waals surface area contributed by atoms with Crippen molar-refractivity contribution in [1.82, 2.24) is 4.72 Å². The van der Waals surface area contributed by atoms with Crippen LogP contribution in [0.3, 0.4) is 0 Å². The van der Waals surface area contributed by atoms with Crippen LogP contribution in [0.4, 0.5) is 5.69 Å². The normalized spacial score (nSPS) is 21.2. The van der Waals surface area contributed by atoms with E-state index < -0.39 is 10.0 Å². The summed E-state index contributed by atoms with van der Waals surface area (Å²) < 4.78 is 28.1. The lowest BCUT2D eigenvalue weighted by Crippen LogP contribution is -2.30. The Labute approximate surface area is 200 Å². The van der Waals surface area contributed by atoms with Gasteiger partial charge < -0.3 is 5.32 Å². The van der Waals surface area contributed by atoms with E-state index in [2.05, 4.69) is 83.4 Å². The highest BCUT2D eigenvalue weighted by atomic mass is 32.2. The lowest BCUT2D eigenvalue weighted by Gasteiger charge is -2.38. The zero-order chi connectivity index (χ0) is 23.3. The molecule has 34 heavy (non-hydrogen) atoms. The number of hydrogen-bond donors (Lipinski definition) is 2. The molecule has 1 aliphatic carbocycles. The van der Waals surface area contributed by atoms with E-state index in [0.29, 0.717) is 10.8 Å². The van der Waals surface area contributed by atoms with Crippen molar-refractivity contribution >= 4 is 37.3 Å². The average molecular weight is 467 g/mol. The van der Waals surface area contributed by atoms with E-state index in [1.165, 1.54) is 27.1 Å². The number of allylic oxidation sites excluding steroid dienone is 2. The predicted molar refractivity (Wildman–Crippen MR) is 140 cm³/mol. The standard InChI is InChI=1S/C29H26N2O2S/c1-2-16-30-34(32,33)21-14-15-27-26(18-21)24-12-7-13-25(24)29(31-27)28-22-10-5-3-8-19(22)17-20-9-4-6-11-23(20)28/h2-12,14-15,17-18,24-25,29-31H,1,13,16H2. The fourth-order valence-corrected chi connectivity index (χ4v) is 6.69. The third-order valence-corrected chi connectivity index (χ3v) is 8.61. The maximum atomic E-state index is 12.8. The highest BCUT2D eigenvalue weighted by molar-refractivity contribution is 7.89. The molecule has 0 fully saturated rings. The molecule has 2 N–H and O–H groups in total. The average Bonchev–Trinajstić information content (AvgIpc) is 3.36. The molecule has 4 aromatic rings. The minimum absolute atomic E-state index is 0.116. The van der Waals surface area contributed by atoms with Crippen molar-refractivity contribution in [2.24, 2.45) is 5.92 Å². The lowest BCUT2D eigenvalue weighted by molar-refractivity contribution is 0.428. The maximum Gasteiger partial charge on any atom is 0.240 e. The van der Waals surface area contributed by atoms with Crippen molar-refractivity contribution < 1.29 is 8.42 Å². The van der Waals surface area contributed by atoms with Gasteiger partial charge in [-0.2, -0.15) is 0 Å². The van der Waals surface area contributed by atoms with Crippen LogP contribution in [-0.2, 0) is 10.0 Å². The first-order valence-corrected chi connectivity index (χ1v) is 13.1. The monoisotopic (exact) mass is 466 g/mol. The van der Waals surface area contributed by atoms with Crippen LogP contribution in [0.1, 0.15) is 29.5 Å². The van der Waals surface area contributed by atoms with Gasteiger partial charge in [0.1, 0.15) is 0 Å². The Morgan fingerprint density at radius 3 is 2.38 bits per heavy atom. The predicted octanol–water partition coefficient (Wildman–Crippen LogP) is 6.28. The fourth-order valence-electron chi connectivity index (χ4n) is 5.66. The summed E-state index contributed by atoms with van der Waals surface area (Å²) in [6.07, 6.45) is 6.99. The molecule has 5 heteroatoms. The van der Waals surface area contributed by atoms with Crippen LogP contribution in [0.15, 0.2) is 102 Å². The number of nitrogens with one attached hydrogen (secondary N) is 2. The lowest BCUT2D eigenvalue weighted by atomic mass is 9.75. The summed E-state index contributed by atoms with van der Waals surface area (Å²) in [5.74, 6) is 0.467. The van der Waals surface area contributed by atoms with Gasteiger partial charge in [-0.15, -0.1) is 6.58 Å². The smallest absolute Gasteiger partial charge is 0.240 e. The molecule has 3 atom stereocenters. The van der Waals surface area contributed by atoms with E-state index in [9.17, 15) is 8.42 Å². The first kappa shape index (κ1) is 21.1. The third kappa shape index (κ3) is 3.35. The van der Waals surface area contributed by atoms with E-state index in [0.717, 1.165) is 17.7 Å². The van der Waals surface area contributed by atoms with Gasteiger partial charge in [0.2, 0.25) is 10.0 Å². The van der Waals surface area contributed by atoms with E-state index in [-0.39, 0.29) is 18.5 Å². The Balaban J connectivity index is 1.51. The first-order valence-electron chi connectivity index (χ1n) is 11.6. The van der Waals surface area contributed by atoms with E-state index in [1.54, 1.807) is 12.1 Å². The second-order valence-corrected chi connectivity index (χ2v) is 10.9. The van der Waals surface area contributed by atoms with Crippen LogP contribution >= 0.6 is 0 Å². The van der Waals surface area contributed by atoms with E-state index in [4.69, 9.17) is 0 Å². The van der Waals surface area contributed by atoms with Crippen molar-refractivity contribution in [3.05, 3.63) is 109 Å². The molecule has 0 spiro atoms. The molecule has 0 bridgehead atoms. The molecule has 4 nitrogen and oxygen atoms in total. The largest absolute Gasteiger partial charge is 0.378 e. The van der Waals surface area contributed by atoms with Crippen LogP contribution in [0.5, 0.6) is 0 Å². The summed E-state index contributed by atoms with van der Waals surface area (Å²) in [4.78, 5) is 0.294. The zero-order valence-electron chi connectivity index (χ0n) is 18.7. The molecule has 4 aromatic carbocycles. The molecule has 170 valence electrons. The number of benzene rings is 4. The molecule has 0 amide bonds. The number of rotatable bonds is 5. The van der Waals surface area contributed by atoms with Gasteiger partial charge in [0.15, 0.2) is 0 Å². The van der Waals surface area contributed by atoms with Gasteiger partial charge in [0.05, 0.1) is 10.9 Å². The van der Waals surface area contributed by atoms with E-state index in [1.807, 2.05) is 12.1 Å². The Morgan fingerprint density at radius 2 is 1.68 bits per heavy atom. The van der Waals surface area contributed by atoms with Crippen LogP contribution in [-0.4, -0.2) is 15.0 Å². The van der Waals surface area contributed by atoms with Crippen LogP contribution < -0.4 is 10.0 Å². The Morgan fingerprint density at radius 1 is 0.971 bits per heavy atom. The maximum absolute atomic E-state index is 12.8. The highest BCUT2D eigenvalue weighted by Crippen LogP contribution is 2.52. The molecule has 2 aliphatic rings. The van der Waals surface area contributed by atoms with Gasteiger partial charge in [-0.3, -0.25) is 0 Å². The summed E-state index contributed by atoms with van der Waals surface area (Å²) in [5.41, 5.74) is 3.36. The quantitative estimate of drug-likeness (QED) is 0.269. The fraction of sp³-hybridized carbons (Fsp3) is 0.172.